The van der Waals surface area contributed by atoms with E-state index in [1.54, 1.807) is 6.92 Å². The molecule has 4 nitrogen and oxygen atoms in total. The van der Waals surface area contributed by atoms with E-state index in [0.29, 0.717) is 31.1 Å². The monoisotopic (exact) mass is 345 g/mol. The van der Waals surface area contributed by atoms with Crippen LogP contribution in [-0.4, -0.2) is 28.3 Å². The molecule has 4 N–H and O–H groups in total. The fourth-order valence-corrected chi connectivity index (χ4v) is 4.17. The fourth-order valence-electron chi connectivity index (χ4n) is 4.17. The van der Waals surface area contributed by atoms with Crippen LogP contribution in [0.15, 0.2) is 23.8 Å². The summed E-state index contributed by atoms with van der Waals surface area (Å²) in [6, 6.07) is 0. The van der Waals surface area contributed by atoms with Crippen LogP contribution in [0.5, 0.6) is 0 Å². The molecule has 0 spiro atoms. The lowest BCUT2D eigenvalue weighted by Crippen LogP contribution is -2.19. The lowest BCUT2D eigenvalue weighted by molar-refractivity contribution is -0.117. The van der Waals surface area contributed by atoms with Crippen molar-refractivity contribution in [3.8, 4) is 11.8 Å². The summed E-state index contributed by atoms with van der Waals surface area (Å²) in [7, 11) is 0. The number of allylic oxidation sites excluding steroid dienone is 2. The molecule has 2 aliphatic carbocycles. The summed E-state index contributed by atoms with van der Waals surface area (Å²) in [6.07, 6.45) is 9.74. The smallest absolute Gasteiger partial charge is 0.217 e. The number of hydrogen-bond donors (Lipinski definition) is 3. The second-order valence-electron chi connectivity index (χ2n) is 7.56. The van der Waals surface area contributed by atoms with Gasteiger partial charge in [0.2, 0.25) is 5.91 Å². The number of carbonyl (C=O) groups is 1. The molecule has 1 amide bonds. The van der Waals surface area contributed by atoms with E-state index in [4.69, 9.17) is 5.73 Å². The molecule has 0 saturated heterocycles. The lowest BCUT2D eigenvalue weighted by atomic mass is 9.89. The molecule has 0 aromatic rings. The van der Waals surface area contributed by atoms with E-state index in [9.17, 15) is 15.0 Å². The molecule has 138 valence electrons. The molecular weight excluding hydrogens is 314 g/mol. The molecule has 0 unspecified atom stereocenters. The molecule has 0 bridgehead atoms. The number of aliphatic hydroxyl groups is 2. The van der Waals surface area contributed by atoms with E-state index in [2.05, 4.69) is 17.9 Å². The van der Waals surface area contributed by atoms with Crippen molar-refractivity contribution in [1.29, 1.82) is 0 Å². The van der Waals surface area contributed by atoms with Gasteiger partial charge < -0.3 is 15.9 Å². The van der Waals surface area contributed by atoms with Crippen molar-refractivity contribution < 1.29 is 15.0 Å². The number of nitrogens with two attached hydrogens (primary N) is 1. The molecule has 2 saturated carbocycles. The van der Waals surface area contributed by atoms with Crippen LogP contribution in [0.25, 0.3) is 0 Å². The van der Waals surface area contributed by atoms with Crippen LogP contribution in [-0.2, 0) is 4.79 Å². The average Bonchev–Trinajstić information content (AvgIpc) is 3.06. The summed E-state index contributed by atoms with van der Waals surface area (Å²) < 4.78 is 0. The first-order valence-electron chi connectivity index (χ1n) is 9.32. The Bertz CT molecular complexity index is 584. The van der Waals surface area contributed by atoms with Crippen molar-refractivity contribution in [1.82, 2.24) is 0 Å². The predicted molar refractivity (Wildman–Crippen MR) is 99.2 cm³/mol. The summed E-state index contributed by atoms with van der Waals surface area (Å²) in [6.45, 7) is 3.79. The summed E-state index contributed by atoms with van der Waals surface area (Å²) in [5, 5.41) is 20.6. The Balaban J connectivity index is 1.93. The van der Waals surface area contributed by atoms with Crippen LogP contribution in [0.1, 0.15) is 52.4 Å². The molecule has 2 aliphatic rings. The SMILES string of the molecule is CC#CC[C@H](C)[C@@H](O)/C=C/[C@@H]1[C@H]2CC(=CCCC(N)=O)C[C@H]2C[C@H]1O. The third kappa shape index (κ3) is 5.45. The van der Waals surface area contributed by atoms with Crippen molar-refractivity contribution >= 4 is 5.91 Å². The van der Waals surface area contributed by atoms with Gasteiger partial charge in [-0.3, -0.25) is 4.79 Å². The molecule has 0 aromatic heterocycles. The summed E-state index contributed by atoms with van der Waals surface area (Å²) >= 11 is 0. The van der Waals surface area contributed by atoms with Crippen LogP contribution < -0.4 is 5.73 Å². The first kappa shape index (κ1) is 19.8. The number of carbonyl (C=O) groups excluding carboxylic acids is 1. The minimum Gasteiger partial charge on any atom is -0.392 e. The number of fused-ring (bicyclic) bond motifs is 1. The number of hydrogen-bond acceptors (Lipinski definition) is 3. The highest BCUT2D eigenvalue weighted by atomic mass is 16.3. The normalized spacial score (nSPS) is 32.4. The Kier molecular flexibility index (Phi) is 7.28. The Morgan fingerprint density at radius 3 is 2.88 bits per heavy atom. The average molecular weight is 345 g/mol. The van der Waals surface area contributed by atoms with E-state index in [-0.39, 0.29) is 23.8 Å². The third-order valence-corrected chi connectivity index (χ3v) is 5.65. The van der Waals surface area contributed by atoms with Gasteiger partial charge >= 0.3 is 0 Å². The van der Waals surface area contributed by atoms with Gasteiger partial charge in [0.15, 0.2) is 0 Å². The highest BCUT2D eigenvalue weighted by Crippen LogP contribution is 2.50. The Morgan fingerprint density at radius 1 is 1.44 bits per heavy atom. The summed E-state index contributed by atoms with van der Waals surface area (Å²) in [5.74, 6) is 6.73. The minimum absolute atomic E-state index is 0.0888. The largest absolute Gasteiger partial charge is 0.392 e. The molecule has 0 aromatic carbocycles. The van der Waals surface area contributed by atoms with Crippen LogP contribution >= 0.6 is 0 Å². The van der Waals surface area contributed by atoms with Gasteiger partial charge in [0.1, 0.15) is 0 Å². The summed E-state index contributed by atoms with van der Waals surface area (Å²) in [4.78, 5) is 10.9. The van der Waals surface area contributed by atoms with E-state index >= 15 is 0 Å². The van der Waals surface area contributed by atoms with E-state index in [0.717, 1.165) is 19.3 Å². The maximum atomic E-state index is 10.9. The molecule has 6 atom stereocenters. The van der Waals surface area contributed by atoms with Gasteiger partial charge in [-0.05, 0) is 50.4 Å². The molecule has 25 heavy (non-hydrogen) atoms. The van der Waals surface area contributed by atoms with E-state index < -0.39 is 6.10 Å². The first-order chi connectivity index (χ1) is 11.9. The van der Waals surface area contributed by atoms with Crippen molar-refractivity contribution in [2.45, 2.75) is 64.6 Å². The molecule has 0 radical (unpaired) electrons. The summed E-state index contributed by atoms with van der Waals surface area (Å²) in [5.41, 5.74) is 6.57. The van der Waals surface area contributed by atoms with Gasteiger partial charge in [0, 0.05) is 18.8 Å². The highest BCUT2D eigenvalue weighted by Gasteiger charge is 2.44. The molecule has 0 aliphatic heterocycles. The molecule has 2 fully saturated rings. The second kappa shape index (κ2) is 9.22. The third-order valence-electron chi connectivity index (χ3n) is 5.65. The zero-order valence-corrected chi connectivity index (χ0v) is 15.3. The van der Waals surface area contributed by atoms with Crippen LogP contribution in [0.3, 0.4) is 0 Å². The number of amides is 1. The Labute approximate surface area is 151 Å². The number of primary amides is 1. The predicted octanol–water partition coefficient (Wildman–Crippen LogP) is 2.55. The minimum atomic E-state index is -0.529. The first-order valence-corrected chi connectivity index (χ1v) is 9.32. The maximum Gasteiger partial charge on any atom is 0.217 e. The lowest BCUT2D eigenvalue weighted by Gasteiger charge is -2.19. The maximum absolute atomic E-state index is 10.9. The molecular formula is C21H31NO3. The van der Waals surface area contributed by atoms with E-state index in [1.165, 1.54) is 5.57 Å². The van der Waals surface area contributed by atoms with Crippen molar-refractivity contribution in [3.05, 3.63) is 23.8 Å². The number of aliphatic hydroxyl groups excluding tert-OH is 2. The van der Waals surface area contributed by atoms with Crippen LogP contribution in [0.4, 0.5) is 0 Å². The Hall–Kier alpha value is -1.57. The zero-order valence-electron chi connectivity index (χ0n) is 15.3. The highest BCUT2D eigenvalue weighted by molar-refractivity contribution is 5.73. The van der Waals surface area contributed by atoms with Crippen molar-refractivity contribution in [2.24, 2.45) is 29.4 Å². The quantitative estimate of drug-likeness (QED) is 0.490. The van der Waals surface area contributed by atoms with Gasteiger partial charge in [-0.15, -0.1) is 11.8 Å². The van der Waals surface area contributed by atoms with Crippen LogP contribution in [0.2, 0.25) is 0 Å². The second-order valence-corrected chi connectivity index (χ2v) is 7.56. The fraction of sp³-hybridized carbons (Fsp3) is 0.667. The Morgan fingerprint density at radius 2 is 2.20 bits per heavy atom. The van der Waals surface area contributed by atoms with Gasteiger partial charge in [0.25, 0.3) is 0 Å². The topological polar surface area (TPSA) is 83.5 Å². The number of rotatable bonds is 7. The standard InChI is InChI=1S/C21H31NO3/c1-3-4-6-14(2)19(23)10-9-17-18-12-15(7-5-8-21(22)25)11-16(18)13-20(17)24/h7,9-10,14,16-20,23-24H,5-6,8,11-13H2,1-2H3,(H2,22,25)/b10-9+,15-7?/t14-,16-,17+,18-,19-,20+/m0/s1. The van der Waals surface area contributed by atoms with Crippen LogP contribution in [0, 0.1) is 35.5 Å². The van der Waals surface area contributed by atoms with Gasteiger partial charge in [-0.1, -0.05) is 30.7 Å². The zero-order chi connectivity index (χ0) is 18.4. The van der Waals surface area contributed by atoms with Gasteiger partial charge in [-0.2, -0.15) is 0 Å². The molecule has 4 heteroatoms. The van der Waals surface area contributed by atoms with E-state index in [1.807, 2.05) is 19.1 Å². The van der Waals surface area contributed by atoms with Crippen molar-refractivity contribution in [3.63, 3.8) is 0 Å². The van der Waals surface area contributed by atoms with Gasteiger partial charge in [-0.25, -0.2) is 0 Å². The molecule has 0 heterocycles. The van der Waals surface area contributed by atoms with Gasteiger partial charge in [0.05, 0.1) is 12.2 Å². The molecule has 2 rings (SSSR count). The van der Waals surface area contributed by atoms with Crippen molar-refractivity contribution in [2.75, 3.05) is 0 Å².